The first-order valence-corrected chi connectivity index (χ1v) is 2.58. The van der Waals surface area contributed by atoms with E-state index in [2.05, 4.69) is 0 Å². The zero-order valence-electron chi connectivity index (χ0n) is 5.52. The molecule has 0 saturated heterocycles. The van der Waals surface area contributed by atoms with Gasteiger partial charge in [0.1, 0.15) is 0 Å². The van der Waals surface area contributed by atoms with Crippen LogP contribution in [0.3, 0.4) is 0 Å². The van der Waals surface area contributed by atoms with E-state index in [-0.39, 0.29) is 12.9 Å². The number of aliphatic hydroxyl groups excluding tert-OH is 1. The van der Waals surface area contributed by atoms with Crippen molar-refractivity contribution in [3.8, 4) is 0 Å². The topological polar surface area (TPSA) is 94.8 Å². The molecule has 0 spiro atoms. The second-order valence-corrected chi connectivity index (χ2v) is 1.37. The fourth-order valence-corrected chi connectivity index (χ4v) is 0.175. The molecule has 0 aromatic carbocycles. The number of carboxylic acid groups (broad SMARTS) is 2. The summed E-state index contributed by atoms with van der Waals surface area (Å²) in [5.41, 5.74) is 0. The van der Waals surface area contributed by atoms with E-state index in [4.69, 9.17) is 20.1 Å². The van der Waals surface area contributed by atoms with Gasteiger partial charge in [0.15, 0.2) is 6.10 Å². The molecule has 0 bridgehead atoms. The Morgan fingerprint density at radius 1 is 1.70 bits per heavy atom. The van der Waals surface area contributed by atoms with Crippen molar-refractivity contribution < 1.29 is 24.9 Å². The van der Waals surface area contributed by atoms with E-state index in [1.807, 2.05) is 0 Å². The molecule has 1 atom stereocenters. The molecule has 0 saturated carbocycles. The number of hydrogen-bond donors (Lipinski definition) is 3. The minimum absolute atomic E-state index is 0.250. The molecule has 60 valence electrons. The number of hydrogen-bond acceptors (Lipinski definition) is 3. The Morgan fingerprint density at radius 3 is 2.00 bits per heavy atom. The standard InChI is InChI=1S/C4H8O3.CH2O2/c1-2-3(5)4(6)7;2-1-3/h3,5H,2H2,1H3,(H,6,7);1H,(H,2,3). The van der Waals surface area contributed by atoms with Gasteiger partial charge >= 0.3 is 5.97 Å². The maximum atomic E-state index is 9.68. The number of aliphatic carboxylic acids is 1. The van der Waals surface area contributed by atoms with Crippen molar-refractivity contribution in [1.82, 2.24) is 0 Å². The third kappa shape index (κ3) is 10.0. The summed E-state index contributed by atoms with van der Waals surface area (Å²) < 4.78 is 0. The second kappa shape index (κ2) is 7.90. The molecule has 3 N–H and O–H groups in total. The first kappa shape index (κ1) is 11.7. The lowest BCUT2D eigenvalue weighted by atomic mass is 10.3. The highest BCUT2D eigenvalue weighted by Gasteiger charge is 2.07. The van der Waals surface area contributed by atoms with Gasteiger partial charge in [0, 0.05) is 0 Å². The van der Waals surface area contributed by atoms with Crippen molar-refractivity contribution in [3.05, 3.63) is 0 Å². The lowest BCUT2D eigenvalue weighted by Crippen LogP contribution is -2.17. The molecule has 0 aromatic rings. The third-order valence-corrected chi connectivity index (χ3v) is 0.672. The zero-order chi connectivity index (χ0) is 8.57. The van der Waals surface area contributed by atoms with Crippen LogP contribution in [-0.4, -0.2) is 33.9 Å². The molecule has 0 aliphatic carbocycles. The Hall–Kier alpha value is -1.10. The van der Waals surface area contributed by atoms with Crippen molar-refractivity contribution in [2.75, 3.05) is 0 Å². The molecule has 0 radical (unpaired) electrons. The highest BCUT2D eigenvalue weighted by Crippen LogP contribution is 1.86. The highest BCUT2D eigenvalue weighted by atomic mass is 16.4. The van der Waals surface area contributed by atoms with Crippen LogP contribution >= 0.6 is 0 Å². The van der Waals surface area contributed by atoms with Crippen LogP contribution in [0.2, 0.25) is 0 Å². The molecule has 1 unspecified atom stereocenters. The van der Waals surface area contributed by atoms with Gasteiger partial charge in [-0.1, -0.05) is 6.92 Å². The van der Waals surface area contributed by atoms with Crippen LogP contribution in [0.5, 0.6) is 0 Å². The molecule has 0 fully saturated rings. The van der Waals surface area contributed by atoms with E-state index in [9.17, 15) is 4.79 Å². The number of aliphatic hydroxyl groups is 1. The van der Waals surface area contributed by atoms with Crippen LogP contribution in [0.25, 0.3) is 0 Å². The molecular formula is C5H10O5. The van der Waals surface area contributed by atoms with E-state index in [0.29, 0.717) is 0 Å². The Balaban J connectivity index is 0. The smallest absolute Gasteiger partial charge is 0.332 e. The normalized spacial score (nSPS) is 10.6. The van der Waals surface area contributed by atoms with Gasteiger partial charge in [0.2, 0.25) is 0 Å². The molecular weight excluding hydrogens is 140 g/mol. The Labute approximate surface area is 57.9 Å². The monoisotopic (exact) mass is 150 g/mol. The van der Waals surface area contributed by atoms with Crippen molar-refractivity contribution >= 4 is 12.4 Å². The summed E-state index contributed by atoms with van der Waals surface area (Å²) in [6, 6.07) is 0. The summed E-state index contributed by atoms with van der Waals surface area (Å²) in [6.45, 7) is 1.36. The maximum Gasteiger partial charge on any atom is 0.332 e. The van der Waals surface area contributed by atoms with Crippen LogP contribution < -0.4 is 0 Å². The minimum atomic E-state index is -1.18. The fourth-order valence-electron chi connectivity index (χ4n) is 0.175. The van der Waals surface area contributed by atoms with Gasteiger partial charge < -0.3 is 15.3 Å². The van der Waals surface area contributed by atoms with Gasteiger partial charge in [0.05, 0.1) is 0 Å². The summed E-state index contributed by atoms with van der Waals surface area (Å²) in [5, 5.41) is 23.2. The Kier molecular flexibility index (Phi) is 9.22. The third-order valence-electron chi connectivity index (χ3n) is 0.672. The number of carbonyl (C=O) groups is 2. The molecule has 0 aliphatic rings. The average molecular weight is 150 g/mol. The molecule has 0 amide bonds. The Morgan fingerprint density at radius 2 is 2.00 bits per heavy atom. The molecule has 5 heteroatoms. The molecule has 0 aliphatic heterocycles. The number of rotatable bonds is 2. The first-order chi connectivity index (χ1) is 4.59. The molecule has 0 rings (SSSR count). The van der Waals surface area contributed by atoms with Gasteiger partial charge in [-0.25, -0.2) is 4.79 Å². The van der Waals surface area contributed by atoms with Gasteiger partial charge in [0.25, 0.3) is 6.47 Å². The van der Waals surface area contributed by atoms with E-state index in [1.165, 1.54) is 0 Å². The van der Waals surface area contributed by atoms with E-state index >= 15 is 0 Å². The second-order valence-electron chi connectivity index (χ2n) is 1.37. The lowest BCUT2D eigenvalue weighted by molar-refractivity contribution is -0.146. The van der Waals surface area contributed by atoms with Gasteiger partial charge in [-0.05, 0) is 6.42 Å². The first-order valence-electron chi connectivity index (χ1n) is 2.58. The highest BCUT2D eigenvalue weighted by molar-refractivity contribution is 5.71. The Bertz CT molecular complexity index is 100. The summed E-state index contributed by atoms with van der Waals surface area (Å²) >= 11 is 0. The van der Waals surface area contributed by atoms with Crippen LogP contribution in [0.15, 0.2) is 0 Å². The van der Waals surface area contributed by atoms with Crippen LogP contribution in [0.4, 0.5) is 0 Å². The summed E-state index contributed by atoms with van der Waals surface area (Å²) in [4.78, 5) is 18.0. The molecule has 0 heterocycles. The SMILES string of the molecule is CCC(O)C(=O)O.O=CO. The van der Waals surface area contributed by atoms with Crippen molar-refractivity contribution in [2.24, 2.45) is 0 Å². The largest absolute Gasteiger partial charge is 0.483 e. The van der Waals surface area contributed by atoms with Crippen molar-refractivity contribution in [1.29, 1.82) is 0 Å². The van der Waals surface area contributed by atoms with Crippen LogP contribution in [0, 0.1) is 0 Å². The van der Waals surface area contributed by atoms with E-state index in [0.717, 1.165) is 0 Å². The van der Waals surface area contributed by atoms with E-state index in [1.54, 1.807) is 6.92 Å². The van der Waals surface area contributed by atoms with Gasteiger partial charge in [-0.15, -0.1) is 0 Å². The summed E-state index contributed by atoms with van der Waals surface area (Å²) in [7, 11) is 0. The maximum absolute atomic E-state index is 9.68. The molecule has 5 nitrogen and oxygen atoms in total. The van der Waals surface area contributed by atoms with Gasteiger partial charge in [-0.3, -0.25) is 4.79 Å². The van der Waals surface area contributed by atoms with Crippen molar-refractivity contribution in [3.63, 3.8) is 0 Å². The van der Waals surface area contributed by atoms with Gasteiger partial charge in [-0.2, -0.15) is 0 Å². The average Bonchev–Trinajstić information content (AvgIpc) is 1.88. The predicted molar refractivity (Wildman–Crippen MR) is 32.6 cm³/mol. The lowest BCUT2D eigenvalue weighted by Gasteiger charge is -1.95. The summed E-state index contributed by atoms with van der Waals surface area (Å²) in [6.07, 6.45) is -0.907. The van der Waals surface area contributed by atoms with Crippen molar-refractivity contribution in [2.45, 2.75) is 19.4 Å². The predicted octanol–water partition coefficient (Wildman–Crippen LogP) is -0.457. The molecule has 10 heavy (non-hydrogen) atoms. The van der Waals surface area contributed by atoms with Crippen LogP contribution in [0.1, 0.15) is 13.3 Å². The minimum Gasteiger partial charge on any atom is -0.483 e. The zero-order valence-corrected chi connectivity index (χ0v) is 5.52. The fraction of sp³-hybridized carbons (Fsp3) is 0.600. The van der Waals surface area contributed by atoms with Crippen LogP contribution in [-0.2, 0) is 9.59 Å². The summed E-state index contributed by atoms with van der Waals surface area (Å²) in [5.74, 6) is -1.15. The quantitative estimate of drug-likeness (QED) is 0.463. The van der Waals surface area contributed by atoms with E-state index < -0.39 is 12.1 Å². The molecule has 0 aromatic heterocycles. The number of carboxylic acids is 1.